The van der Waals surface area contributed by atoms with Crippen molar-refractivity contribution in [3.63, 3.8) is 0 Å². The van der Waals surface area contributed by atoms with Gasteiger partial charge in [0.15, 0.2) is 0 Å². The van der Waals surface area contributed by atoms with Crippen LogP contribution in [0.1, 0.15) is 47.0 Å². The Morgan fingerprint density at radius 3 is 2.50 bits per heavy atom. The predicted molar refractivity (Wildman–Crippen MR) is 64.2 cm³/mol. The molecule has 3 atom stereocenters. The third-order valence-corrected chi connectivity index (χ3v) is 3.28. The maximum Gasteiger partial charge on any atom is -0.0105 e. The third-order valence-electron chi connectivity index (χ3n) is 3.28. The van der Waals surface area contributed by atoms with Crippen molar-refractivity contribution in [2.24, 2.45) is 17.8 Å². The molecule has 0 bridgehead atoms. The van der Waals surface area contributed by atoms with E-state index < -0.39 is 0 Å². The lowest BCUT2D eigenvalue weighted by Crippen LogP contribution is -2.06. The normalized spacial score (nSPS) is 24.3. The van der Waals surface area contributed by atoms with Crippen LogP contribution in [0.2, 0.25) is 0 Å². The zero-order valence-electron chi connectivity index (χ0n) is 10.1. The summed E-state index contributed by atoms with van der Waals surface area (Å²) in [6, 6.07) is 0. The van der Waals surface area contributed by atoms with Crippen LogP contribution in [0.25, 0.3) is 0 Å². The minimum atomic E-state index is 0.766. The molecule has 14 heavy (non-hydrogen) atoms. The first-order chi connectivity index (χ1) is 6.54. The summed E-state index contributed by atoms with van der Waals surface area (Å²) in [7, 11) is 0. The van der Waals surface area contributed by atoms with E-state index in [2.05, 4.69) is 40.3 Å². The second-order valence-corrected chi connectivity index (χ2v) is 5.13. The molecule has 0 amide bonds. The Morgan fingerprint density at radius 2 is 2.14 bits per heavy atom. The van der Waals surface area contributed by atoms with Crippen molar-refractivity contribution in [3.8, 4) is 0 Å². The van der Waals surface area contributed by atoms with Crippen LogP contribution < -0.4 is 0 Å². The lowest BCUT2D eigenvalue weighted by Gasteiger charge is -2.16. The molecular formula is C14H24. The summed E-state index contributed by atoms with van der Waals surface area (Å²) in [6.07, 6.45) is 6.36. The maximum absolute atomic E-state index is 4.08. The summed E-state index contributed by atoms with van der Waals surface area (Å²) in [6.45, 7) is 13.1. The van der Waals surface area contributed by atoms with Crippen LogP contribution in [0, 0.1) is 17.8 Å². The average Bonchev–Trinajstić information content (AvgIpc) is 2.80. The molecule has 0 N–H and O–H groups in total. The lowest BCUT2D eigenvalue weighted by molar-refractivity contribution is 0.409. The number of hydrogen-bond acceptors (Lipinski definition) is 0. The van der Waals surface area contributed by atoms with Gasteiger partial charge < -0.3 is 0 Å². The van der Waals surface area contributed by atoms with Crippen LogP contribution in [0.3, 0.4) is 0 Å². The van der Waals surface area contributed by atoms with Gasteiger partial charge >= 0.3 is 0 Å². The van der Waals surface area contributed by atoms with Crippen LogP contribution in [-0.4, -0.2) is 0 Å². The van der Waals surface area contributed by atoms with Crippen molar-refractivity contribution in [3.05, 3.63) is 23.8 Å². The molecule has 1 saturated carbocycles. The molecule has 1 fully saturated rings. The van der Waals surface area contributed by atoms with E-state index in [1.165, 1.54) is 30.4 Å². The van der Waals surface area contributed by atoms with Gasteiger partial charge in [0.2, 0.25) is 0 Å². The maximum atomic E-state index is 4.08. The van der Waals surface area contributed by atoms with E-state index in [0.717, 1.165) is 17.8 Å². The minimum absolute atomic E-state index is 0.766. The molecule has 0 aromatic carbocycles. The molecule has 0 heteroatoms. The van der Waals surface area contributed by atoms with Crippen molar-refractivity contribution >= 4 is 0 Å². The van der Waals surface area contributed by atoms with Gasteiger partial charge in [0, 0.05) is 0 Å². The molecule has 1 rings (SSSR count). The highest BCUT2D eigenvalue weighted by Crippen LogP contribution is 2.45. The topological polar surface area (TPSA) is 0 Å². The van der Waals surface area contributed by atoms with E-state index in [0.29, 0.717) is 0 Å². The van der Waals surface area contributed by atoms with Gasteiger partial charge in [-0.3, -0.25) is 0 Å². The molecule has 0 aromatic heterocycles. The van der Waals surface area contributed by atoms with Crippen LogP contribution in [0.5, 0.6) is 0 Å². The molecule has 0 heterocycles. The monoisotopic (exact) mass is 192 g/mol. The Hall–Kier alpha value is -0.520. The van der Waals surface area contributed by atoms with Gasteiger partial charge in [0.05, 0.1) is 0 Å². The summed E-state index contributed by atoms with van der Waals surface area (Å²) in [5.41, 5.74) is 2.92. The van der Waals surface area contributed by atoms with Gasteiger partial charge in [-0.05, 0) is 44.4 Å². The van der Waals surface area contributed by atoms with E-state index in [1.54, 1.807) is 0 Å². The first-order valence-electron chi connectivity index (χ1n) is 5.87. The van der Waals surface area contributed by atoms with Gasteiger partial charge in [0.1, 0.15) is 0 Å². The number of allylic oxidation sites excluding steroid dienone is 3. The molecule has 0 saturated heterocycles. The molecule has 1 aliphatic carbocycles. The summed E-state index contributed by atoms with van der Waals surface area (Å²) in [5, 5.41) is 0. The quantitative estimate of drug-likeness (QED) is 0.559. The van der Waals surface area contributed by atoms with Crippen LogP contribution in [0.15, 0.2) is 23.8 Å². The minimum Gasteiger partial charge on any atom is -0.0995 e. The van der Waals surface area contributed by atoms with Crippen molar-refractivity contribution in [1.29, 1.82) is 0 Å². The van der Waals surface area contributed by atoms with E-state index in [4.69, 9.17) is 0 Å². The summed E-state index contributed by atoms with van der Waals surface area (Å²) in [4.78, 5) is 0. The Morgan fingerprint density at radius 1 is 1.57 bits per heavy atom. The van der Waals surface area contributed by atoms with Gasteiger partial charge in [0.25, 0.3) is 0 Å². The number of hydrogen-bond donors (Lipinski definition) is 0. The fourth-order valence-electron chi connectivity index (χ4n) is 2.09. The highest BCUT2D eigenvalue weighted by atomic mass is 14.4. The molecule has 1 aliphatic rings. The summed E-state index contributed by atoms with van der Waals surface area (Å²) in [5.74, 6) is 2.42. The van der Waals surface area contributed by atoms with Crippen molar-refractivity contribution in [2.45, 2.75) is 47.0 Å². The molecule has 0 aliphatic heterocycles. The van der Waals surface area contributed by atoms with Crippen LogP contribution in [-0.2, 0) is 0 Å². The van der Waals surface area contributed by atoms with Crippen LogP contribution in [0.4, 0.5) is 0 Å². The molecule has 0 aromatic rings. The lowest BCUT2D eigenvalue weighted by atomic mass is 9.89. The highest BCUT2D eigenvalue weighted by Gasteiger charge is 2.34. The van der Waals surface area contributed by atoms with E-state index in [1.807, 2.05) is 0 Å². The molecule has 3 unspecified atom stereocenters. The molecule has 0 spiro atoms. The Labute approximate surface area is 89.1 Å². The SMILES string of the molecule is C=C1CC1C(C=C(C)C)CC(C)CC. The highest BCUT2D eigenvalue weighted by molar-refractivity contribution is 5.23. The summed E-state index contributed by atoms with van der Waals surface area (Å²) < 4.78 is 0. The first-order valence-corrected chi connectivity index (χ1v) is 5.87. The predicted octanol–water partition coefficient (Wildman–Crippen LogP) is 4.58. The Kier molecular flexibility index (Phi) is 3.97. The van der Waals surface area contributed by atoms with E-state index in [-0.39, 0.29) is 0 Å². The molecule has 80 valence electrons. The number of rotatable bonds is 5. The second-order valence-electron chi connectivity index (χ2n) is 5.13. The van der Waals surface area contributed by atoms with Gasteiger partial charge in [-0.1, -0.05) is 44.1 Å². The Balaban J connectivity index is 2.54. The summed E-state index contributed by atoms with van der Waals surface area (Å²) >= 11 is 0. The standard InChI is InChI=1S/C14H24/c1-6-11(4)8-13(7-10(2)3)14-9-12(14)5/h7,11,13-14H,5-6,8-9H2,1-4H3. The zero-order valence-corrected chi connectivity index (χ0v) is 10.1. The van der Waals surface area contributed by atoms with Gasteiger partial charge in [-0.2, -0.15) is 0 Å². The Bertz CT molecular complexity index is 230. The fraction of sp³-hybridized carbons (Fsp3) is 0.714. The second kappa shape index (κ2) is 4.82. The third kappa shape index (κ3) is 3.32. The molecule has 0 radical (unpaired) electrons. The van der Waals surface area contributed by atoms with E-state index >= 15 is 0 Å². The van der Waals surface area contributed by atoms with E-state index in [9.17, 15) is 0 Å². The van der Waals surface area contributed by atoms with Crippen LogP contribution >= 0.6 is 0 Å². The van der Waals surface area contributed by atoms with Gasteiger partial charge in [-0.25, -0.2) is 0 Å². The zero-order chi connectivity index (χ0) is 10.7. The first kappa shape index (κ1) is 11.6. The average molecular weight is 192 g/mol. The fourth-order valence-corrected chi connectivity index (χ4v) is 2.09. The van der Waals surface area contributed by atoms with Crippen molar-refractivity contribution in [2.75, 3.05) is 0 Å². The molecular weight excluding hydrogens is 168 g/mol. The smallest absolute Gasteiger partial charge is 0.0105 e. The largest absolute Gasteiger partial charge is 0.0995 e. The van der Waals surface area contributed by atoms with Gasteiger partial charge in [-0.15, -0.1) is 0 Å². The van der Waals surface area contributed by atoms with Crippen molar-refractivity contribution in [1.82, 2.24) is 0 Å². The molecule has 0 nitrogen and oxygen atoms in total. The van der Waals surface area contributed by atoms with Crippen molar-refractivity contribution < 1.29 is 0 Å².